The topological polar surface area (TPSA) is 26.3 Å². The Kier molecular flexibility index (Phi) is 2.68. The first-order chi connectivity index (χ1) is 6.33. The summed E-state index contributed by atoms with van der Waals surface area (Å²) >= 11 is 0. The third kappa shape index (κ3) is 1.64. The molecule has 0 saturated heterocycles. The summed E-state index contributed by atoms with van der Waals surface area (Å²) in [5.74, 6) is 1.38. The van der Waals surface area contributed by atoms with Gasteiger partial charge in [0.1, 0.15) is 5.78 Å². The van der Waals surface area contributed by atoms with Crippen LogP contribution in [0.4, 0.5) is 0 Å². The molecular formula is C11H18O2. The second kappa shape index (κ2) is 3.79. The van der Waals surface area contributed by atoms with Gasteiger partial charge in [-0.2, -0.15) is 0 Å². The van der Waals surface area contributed by atoms with Crippen LogP contribution in [-0.2, 0) is 9.53 Å². The lowest BCUT2D eigenvalue weighted by Crippen LogP contribution is -2.41. The zero-order valence-electron chi connectivity index (χ0n) is 8.29. The van der Waals surface area contributed by atoms with E-state index in [-0.39, 0.29) is 0 Å². The first kappa shape index (κ1) is 9.20. The number of methoxy groups -OCH3 is 1. The Hall–Kier alpha value is -0.370. The van der Waals surface area contributed by atoms with Gasteiger partial charge in [-0.3, -0.25) is 4.79 Å². The monoisotopic (exact) mass is 182 g/mol. The Labute approximate surface area is 79.7 Å². The second-order valence-electron chi connectivity index (χ2n) is 4.33. The zero-order valence-corrected chi connectivity index (χ0v) is 8.29. The van der Waals surface area contributed by atoms with Gasteiger partial charge in [0.2, 0.25) is 0 Å². The Morgan fingerprint density at radius 1 is 1.23 bits per heavy atom. The number of carbonyl (C=O) groups excluding carboxylic acids is 1. The van der Waals surface area contributed by atoms with Crippen LogP contribution in [0.15, 0.2) is 0 Å². The number of hydrogen-bond donors (Lipinski definition) is 0. The molecule has 0 spiro atoms. The van der Waals surface area contributed by atoms with Gasteiger partial charge in [0, 0.05) is 19.4 Å². The average Bonchev–Trinajstić information content (AvgIpc) is 2.19. The Morgan fingerprint density at radius 2 is 2.00 bits per heavy atom. The number of ketones is 1. The molecule has 2 nitrogen and oxygen atoms in total. The van der Waals surface area contributed by atoms with E-state index in [2.05, 4.69) is 0 Å². The molecule has 0 amide bonds. The fourth-order valence-corrected chi connectivity index (χ4v) is 2.98. The van der Waals surface area contributed by atoms with Gasteiger partial charge in [0.15, 0.2) is 0 Å². The van der Waals surface area contributed by atoms with Crippen molar-refractivity contribution in [3.63, 3.8) is 0 Å². The van der Waals surface area contributed by atoms with Gasteiger partial charge >= 0.3 is 0 Å². The smallest absolute Gasteiger partial charge is 0.136 e. The predicted octanol–water partition coefficient (Wildman–Crippen LogP) is 2.17. The van der Waals surface area contributed by atoms with Crippen molar-refractivity contribution in [2.75, 3.05) is 7.11 Å². The quantitative estimate of drug-likeness (QED) is 0.621. The molecule has 2 aliphatic rings. The maximum Gasteiger partial charge on any atom is 0.136 e. The molecule has 0 aliphatic heterocycles. The van der Waals surface area contributed by atoms with Crippen molar-refractivity contribution in [2.24, 2.45) is 11.8 Å². The summed E-state index contributed by atoms with van der Waals surface area (Å²) in [7, 11) is 1.78. The molecule has 3 atom stereocenters. The van der Waals surface area contributed by atoms with Crippen molar-refractivity contribution in [1.29, 1.82) is 0 Å². The van der Waals surface area contributed by atoms with Crippen molar-refractivity contribution in [1.82, 2.24) is 0 Å². The highest BCUT2D eigenvalue weighted by molar-refractivity contribution is 5.82. The first-order valence-corrected chi connectivity index (χ1v) is 5.38. The van der Waals surface area contributed by atoms with Crippen LogP contribution in [0.25, 0.3) is 0 Å². The van der Waals surface area contributed by atoms with E-state index in [1.54, 1.807) is 7.11 Å². The largest absolute Gasteiger partial charge is 0.381 e. The van der Waals surface area contributed by atoms with Gasteiger partial charge in [-0.25, -0.2) is 0 Å². The van der Waals surface area contributed by atoms with Gasteiger partial charge in [0.05, 0.1) is 6.10 Å². The maximum atomic E-state index is 11.6. The summed E-state index contributed by atoms with van der Waals surface area (Å²) in [4.78, 5) is 11.6. The van der Waals surface area contributed by atoms with Crippen LogP contribution in [0.2, 0.25) is 0 Å². The van der Waals surface area contributed by atoms with E-state index < -0.39 is 0 Å². The highest BCUT2D eigenvalue weighted by Gasteiger charge is 2.39. The van der Waals surface area contributed by atoms with Crippen molar-refractivity contribution < 1.29 is 9.53 Å². The second-order valence-corrected chi connectivity index (χ2v) is 4.33. The zero-order chi connectivity index (χ0) is 9.26. The molecule has 74 valence electrons. The SMILES string of the molecule is COC1CCC(=O)C2CCCCC12. The minimum absolute atomic E-state index is 0.340. The van der Waals surface area contributed by atoms with E-state index in [9.17, 15) is 4.79 Å². The minimum Gasteiger partial charge on any atom is -0.381 e. The fourth-order valence-electron chi connectivity index (χ4n) is 2.98. The van der Waals surface area contributed by atoms with Crippen molar-refractivity contribution in [3.05, 3.63) is 0 Å². The number of ether oxygens (including phenoxy) is 1. The van der Waals surface area contributed by atoms with Crippen LogP contribution in [0.1, 0.15) is 38.5 Å². The molecular weight excluding hydrogens is 164 g/mol. The van der Waals surface area contributed by atoms with E-state index >= 15 is 0 Å². The van der Waals surface area contributed by atoms with Gasteiger partial charge in [0.25, 0.3) is 0 Å². The molecule has 0 radical (unpaired) electrons. The molecule has 3 unspecified atom stereocenters. The van der Waals surface area contributed by atoms with E-state index in [4.69, 9.17) is 4.74 Å². The van der Waals surface area contributed by atoms with Crippen LogP contribution in [-0.4, -0.2) is 19.0 Å². The molecule has 0 bridgehead atoms. The molecule has 2 rings (SSSR count). The molecule has 0 aromatic rings. The summed E-state index contributed by atoms with van der Waals surface area (Å²) in [5.41, 5.74) is 0. The molecule has 2 fully saturated rings. The van der Waals surface area contributed by atoms with Gasteiger partial charge < -0.3 is 4.74 Å². The summed E-state index contributed by atoms with van der Waals surface area (Å²) in [5, 5.41) is 0. The van der Waals surface area contributed by atoms with Crippen LogP contribution in [0.3, 0.4) is 0 Å². The number of carbonyl (C=O) groups is 1. The highest BCUT2D eigenvalue weighted by Crippen LogP contribution is 2.39. The average molecular weight is 182 g/mol. The molecule has 0 N–H and O–H groups in total. The normalized spacial score (nSPS) is 40.1. The maximum absolute atomic E-state index is 11.6. The van der Waals surface area contributed by atoms with E-state index in [1.165, 1.54) is 19.3 Å². The number of fused-ring (bicyclic) bond motifs is 1. The number of rotatable bonds is 1. The summed E-state index contributed by atoms with van der Waals surface area (Å²) in [6, 6.07) is 0. The van der Waals surface area contributed by atoms with Crippen LogP contribution in [0.5, 0.6) is 0 Å². The molecule has 2 heteroatoms. The fraction of sp³-hybridized carbons (Fsp3) is 0.909. The van der Waals surface area contributed by atoms with Crippen molar-refractivity contribution in [2.45, 2.75) is 44.6 Å². The summed E-state index contributed by atoms with van der Waals surface area (Å²) in [6.07, 6.45) is 6.91. The summed E-state index contributed by atoms with van der Waals surface area (Å²) < 4.78 is 5.46. The number of Topliss-reactive ketones (excluding diaryl/α,β-unsaturated/α-hetero) is 1. The number of hydrogen-bond acceptors (Lipinski definition) is 2. The molecule has 2 aliphatic carbocycles. The van der Waals surface area contributed by atoms with E-state index in [1.807, 2.05) is 0 Å². The molecule has 0 heterocycles. The highest BCUT2D eigenvalue weighted by atomic mass is 16.5. The Morgan fingerprint density at radius 3 is 2.77 bits per heavy atom. The van der Waals surface area contributed by atoms with Gasteiger partial charge in [-0.1, -0.05) is 12.8 Å². The Balaban J connectivity index is 2.09. The summed E-state index contributed by atoms with van der Waals surface area (Å²) in [6.45, 7) is 0. The van der Waals surface area contributed by atoms with E-state index in [0.29, 0.717) is 23.7 Å². The Bertz CT molecular complexity index is 200. The van der Waals surface area contributed by atoms with E-state index in [0.717, 1.165) is 19.3 Å². The molecule has 0 aromatic carbocycles. The lowest BCUT2D eigenvalue weighted by atomic mass is 9.69. The minimum atomic E-state index is 0.340. The third-order valence-corrected chi connectivity index (χ3v) is 3.69. The first-order valence-electron chi connectivity index (χ1n) is 5.38. The van der Waals surface area contributed by atoms with Crippen molar-refractivity contribution >= 4 is 5.78 Å². The molecule has 13 heavy (non-hydrogen) atoms. The molecule has 0 aromatic heterocycles. The van der Waals surface area contributed by atoms with Crippen LogP contribution in [0, 0.1) is 11.8 Å². The van der Waals surface area contributed by atoms with Gasteiger partial charge in [-0.05, 0) is 25.2 Å². The molecule has 2 saturated carbocycles. The standard InChI is InChI=1S/C11H18O2/c1-13-11-7-6-10(12)8-4-2-3-5-9(8)11/h8-9,11H,2-7H2,1H3. The van der Waals surface area contributed by atoms with Crippen LogP contribution < -0.4 is 0 Å². The van der Waals surface area contributed by atoms with Crippen LogP contribution >= 0.6 is 0 Å². The lowest BCUT2D eigenvalue weighted by Gasteiger charge is -2.39. The lowest BCUT2D eigenvalue weighted by molar-refractivity contribution is -0.134. The third-order valence-electron chi connectivity index (χ3n) is 3.69. The predicted molar refractivity (Wildman–Crippen MR) is 50.5 cm³/mol. The van der Waals surface area contributed by atoms with Crippen molar-refractivity contribution in [3.8, 4) is 0 Å². The van der Waals surface area contributed by atoms with Gasteiger partial charge in [-0.15, -0.1) is 0 Å².